The Balaban J connectivity index is 1.71. The summed E-state index contributed by atoms with van der Waals surface area (Å²) < 4.78 is 31.0. The van der Waals surface area contributed by atoms with Gasteiger partial charge in [0, 0.05) is 16.3 Å². The fourth-order valence-corrected chi connectivity index (χ4v) is 5.53. The largest absolute Gasteiger partial charge is 0.497 e. The Morgan fingerprint density at radius 2 is 1.97 bits per heavy atom. The molecule has 1 N–H and O–H groups in total. The van der Waals surface area contributed by atoms with Crippen LogP contribution in [0.4, 0.5) is 5.69 Å². The van der Waals surface area contributed by atoms with Crippen molar-refractivity contribution in [2.24, 2.45) is 0 Å². The lowest BCUT2D eigenvalue weighted by Gasteiger charge is -2.13. The molecule has 1 amide bonds. The molecule has 2 heterocycles. The maximum atomic E-state index is 12.9. The molecule has 7 nitrogen and oxygen atoms in total. The zero-order valence-electron chi connectivity index (χ0n) is 17.1. The summed E-state index contributed by atoms with van der Waals surface area (Å²) in [5, 5.41) is 7.90. The number of nitrogens with one attached hydrogen (secondary N) is 1. The van der Waals surface area contributed by atoms with Gasteiger partial charge in [0.25, 0.3) is 5.91 Å². The minimum absolute atomic E-state index is 0.00625. The predicted octanol–water partition coefficient (Wildman–Crippen LogP) is 4.13. The number of benzene rings is 2. The minimum atomic E-state index is -3.12. The van der Waals surface area contributed by atoms with Gasteiger partial charge in [-0.3, -0.25) is 9.48 Å². The third-order valence-electron chi connectivity index (χ3n) is 5.42. The molecular weight excluding hydrogens is 438 g/mol. The van der Waals surface area contributed by atoms with Crippen LogP contribution in [0.3, 0.4) is 0 Å². The van der Waals surface area contributed by atoms with Gasteiger partial charge in [0.1, 0.15) is 5.75 Å². The fourth-order valence-electron chi connectivity index (χ4n) is 3.66. The number of carbonyl (C=O) groups is 1. The van der Waals surface area contributed by atoms with Gasteiger partial charge in [-0.05, 0) is 61.4 Å². The Bertz CT molecular complexity index is 1240. The van der Waals surface area contributed by atoms with Crippen LogP contribution in [-0.4, -0.2) is 42.7 Å². The van der Waals surface area contributed by atoms with E-state index in [0.29, 0.717) is 28.6 Å². The van der Waals surface area contributed by atoms with Crippen LogP contribution in [0.25, 0.3) is 11.3 Å². The summed E-state index contributed by atoms with van der Waals surface area (Å²) in [7, 11) is -1.53. The molecule has 3 aromatic rings. The first-order chi connectivity index (χ1) is 14.8. The number of hydrogen-bond acceptors (Lipinski definition) is 5. The second kappa shape index (κ2) is 8.36. The summed E-state index contributed by atoms with van der Waals surface area (Å²) in [5.74, 6) is 0.433. The van der Waals surface area contributed by atoms with Gasteiger partial charge < -0.3 is 10.1 Å². The number of halogens is 1. The first-order valence-corrected chi connectivity index (χ1v) is 12.0. The zero-order valence-corrected chi connectivity index (χ0v) is 18.7. The van der Waals surface area contributed by atoms with Gasteiger partial charge in [0.15, 0.2) is 15.5 Å². The zero-order chi connectivity index (χ0) is 22.2. The Kier molecular flexibility index (Phi) is 5.77. The molecule has 0 spiro atoms. The smallest absolute Gasteiger partial charge is 0.276 e. The van der Waals surface area contributed by atoms with Crippen LogP contribution in [0.15, 0.2) is 48.5 Å². The molecule has 0 saturated carbocycles. The van der Waals surface area contributed by atoms with Gasteiger partial charge in [0.05, 0.1) is 30.4 Å². The second-order valence-corrected chi connectivity index (χ2v) is 10.1. The average molecular weight is 460 g/mol. The maximum absolute atomic E-state index is 12.9. The number of hydrogen-bond donors (Lipinski definition) is 1. The van der Waals surface area contributed by atoms with Gasteiger partial charge in [-0.25, -0.2) is 8.42 Å². The summed E-state index contributed by atoms with van der Waals surface area (Å²) in [6, 6.07) is 14.0. The number of sulfone groups is 1. The molecule has 1 fully saturated rings. The van der Waals surface area contributed by atoms with Crippen LogP contribution in [0, 0.1) is 6.92 Å². The van der Waals surface area contributed by atoms with Crippen molar-refractivity contribution in [1.29, 1.82) is 0 Å². The van der Waals surface area contributed by atoms with E-state index in [0.717, 1.165) is 11.1 Å². The molecule has 4 rings (SSSR count). The van der Waals surface area contributed by atoms with E-state index in [1.807, 2.05) is 31.2 Å². The summed E-state index contributed by atoms with van der Waals surface area (Å²) in [6.45, 7) is 1.82. The fraction of sp³-hybridized carbons (Fsp3) is 0.273. The number of carbonyl (C=O) groups excluding carboxylic acids is 1. The van der Waals surface area contributed by atoms with E-state index in [1.165, 1.54) is 0 Å². The van der Waals surface area contributed by atoms with Crippen LogP contribution in [-0.2, 0) is 9.84 Å². The average Bonchev–Trinajstić information content (AvgIpc) is 3.35. The molecule has 0 aliphatic carbocycles. The van der Waals surface area contributed by atoms with Gasteiger partial charge in [-0.1, -0.05) is 17.7 Å². The number of nitrogens with zero attached hydrogens (tertiary/aromatic N) is 2. The summed E-state index contributed by atoms with van der Waals surface area (Å²) in [6.07, 6.45) is 0.460. The van der Waals surface area contributed by atoms with E-state index in [1.54, 1.807) is 36.1 Å². The molecule has 0 radical (unpaired) electrons. The first kappa shape index (κ1) is 21.4. The van der Waals surface area contributed by atoms with E-state index in [-0.39, 0.29) is 29.1 Å². The third-order valence-corrected chi connectivity index (χ3v) is 7.58. The molecular formula is C22H22ClN3O4S. The third kappa shape index (κ3) is 4.45. The first-order valence-electron chi connectivity index (χ1n) is 9.78. The molecule has 1 aromatic heterocycles. The lowest BCUT2D eigenvalue weighted by molar-refractivity contribution is 0.102. The Morgan fingerprint density at radius 1 is 1.23 bits per heavy atom. The van der Waals surface area contributed by atoms with Crippen molar-refractivity contribution in [2.75, 3.05) is 23.9 Å². The molecule has 1 aliphatic heterocycles. The highest BCUT2D eigenvalue weighted by atomic mass is 35.5. The van der Waals surface area contributed by atoms with Crippen molar-refractivity contribution in [3.05, 3.63) is 64.8 Å². The molecule has 9 heteroatoms. The summed E-state index contributed by atoms with van der Waals surface area (Å²) in [4.78, 5) is 12.9. The lowest BCUT2D eigenvalue weighted by Crippen LogP contribution is -2.17. The van der Waals surface area contributed by atoms with Gasteiger partial charge in [-0.15, -0.1) is 0 Å². The van der Waals surface area contributed by atoms with Crippen LogP contribution in [0.1, 0.15) is 28.5 Å². The van der Waals surface area contributed by atoms with Crippen LogP contribution in [0.2, 0.25) is 5.02 Å². The molecule has 0 bridgehead atoms. The Morgan fingerprint density at radius 3 is 2.61 bits per heavy atom. The Labute approximate surface area is 185 Å². The number of aromatic nitrogens is 2. The van der Waals surface area contributed by atoms with E-state index in [9.17, 15) is 13.2 Å². The van der Waals surface area contributed by atoms with Crippen LogP contribution < -0.4 is 10.1 Å². The van der Waals surface area contributed by atoms with Gasteiger partial charge >= 0.3 is 0 Å². The van der Waals surface area contributed by atoms with E-state index < -0.39 is 9.84 Å². The molecule has 1 aliphatic rings. The molecule has 162 valence electrons. The molecule has 1 saturated heterocycles. The Hall–Kier alpha value is -2.84. The van der Waals surface area contributed by atoms with Crippen LogP contribution >= 0.6 is 11.6 Å². The number of anilines is 1. The topological polar surface area (TPSA) is 90.3 Å². The van der Waals surface area contributed by atoms with Gasteiger partial charge in [-0.2, -0.15) is 5.10 Å². The van der Waals surface area contributed by atoms with Crippen molar-refractivity contribution in [2.45, 2.75) is 19.4 Å². The lowest BCUT2D eigenvalue weighted by atomic mass is 10.1. The number of ether oxygens (including phenoxy) is 1. The van der Waals surface area contributed by atoms with Gasteiger partial charge in [0.2, 0.25) is 0 Å². The highest BCUT2D eigenvalue weighted by Crippen LogP contribution is 2.31. The highest BCUT2D eigenvalue weighted by molar-refractivity contribution is 7.91. The SMILES string of the molecule is COc1ccc(-c2cc(C(=O)Nc3cccc(Cl)c3C)nn2[C@H]2CCS(=O)(=O)C2)cc1. The molecule has 0 unspecified atom stereocenters. The molecule has 2 aromatic carbocycles. The number of amides is 1. The van der Waals surface area contributed by atoms with Crippen molar-refractivity contribution in [3.63, 3.8) is 0 Å². The molecule has 31 heavy (non-hydrogen) atoms. The highest BCUT2D eigenvalue weighted by Gasteiger charge is 2.32. The minimum Gasteiger partial charge on any atom is -0.497 e. The predicted molar refractivity (Wildman–Crippen MR) is 121 cm³/mol. The van der Waals surface area contributed by atoms with Crippen molar-refractivity contribution >= 4 is 33.0 Å². The second-order valence-electron chi connectivity index (χ2n) is 7.51. The van der Waals surface area contributed by atoms with Crippen molar-refractivity contribution in [1.82, 2.24) is 9.78 Å². The van der Waals surface area contributed by atoms with E-state index in [4.69, 9.17) is 16.3 Å². The summed E-state index contributed by atoms with van der Waals surface area (Å²) in [5.41, 5.74) is 3.05. The van der Waals surface area contributed by atoms with Crippen LogP contribution in [0.5, 0.6) is 5.75 Å². The maximum Gasteiger partial charge on any atom is 0.276 e. The van der Waals surface area contributed by atoms with Crippen molar-refractivity contribution in [3.8, 4) is 17.0 Å². The normalized spacial score (nSPS) is 17.5. The van der Waals surface area contributed by atoms with E-state index >= 15 is 0 Å². The molecule has 1 atom stereocenters. The summed E-state index contributed by atoms with van der Waals surface area (Å²) >= 11 is 6.15. The number of methoxy groups -OCH3 is 1. The quantitative estimate of drug-likeness (QED) is 0.619. The standard InChI is InChI=1S/C22H22ClN3O4S/c1-14-18(23)4-3-5-19(14)24-22(27)20-12-21(15-6-8-17(30-2)9-7-15)26(25-20)16-10-11-31(28,29)13-16/h3-9,12,16H,10-11,13H2,1-2H3,(H,24,27)/t16-/m0/s1. The van der Waals surface area contributed by atoms with Crippen molar-refractivity contribution < 1.29 is 17.9 Å². The van der Waals surface area contributed by atoms with E-state index in [2.05, 4.69) is 10.4 Å². The monoisotopic (exact) mass is 459 g/mol. The number of rotatable bonds is 5.